The van der Waals surface area contributed by atoms with Crippen molar-refractivity contribution in [1.82, 2.24) is 0 Å². The summed E-state index contributed by atoms with van der Waals surface area (Å²) in [6.07, 6.45) is 9.70. The molecule has 5 heteroatoms. The lowest BCUT2D eigenvalue weighted by atomic mass is 9.48. The Morgan fingerprint density at radius 1 is 0.909 bits per heavy atom. The summed E-state index contributed by atoms with van der Waals surface area (Å²) in [5, 5.41) is 10.9. The molecule has 2 aromatic rings. The molecule has 4 aliphatic carbocycles. The van der Waals surface area contributed by atoms with E-state index in [0.29, 0.717) is 19.0 Å². The smallest absolute Gasteiger partial charge is 0.354 e. The molecule has 0 amide bonds. The van der Waals surface area contributed by atoms with E-state index < -0.39 is 7.60 Å². The van der Waals surface area contributed by atoms with E-state index in [0.717, 1.165) is 40.0 Å². The Balaban J connectivity index is 1.39. The highest BCUT2D eigenvalue weighted by atomic mass is 31.2. The summed E-state index contributed by atoms with van der Waals surface area (Å²) in [6, 6.07) is 14.4. The molecule has 4 fully saturated rings. The molecule has 0 saturated heterocycles. The Labute approximate surface area is 197 Å². The molecule has 4 nitrogen and oxygen atoms in total. The predicted octanol–water partition coefficient (Wildman–Crippen LogP) is 7.76. The third kappa shape index (κ3) is 4.58. The summed E-state index contributed by atoms with van der Waals surface area (Å²) in [5.41, 5.74) is 4.53. The maximum absolute atomic E-state index is 12.7. The molecule has 0 aromatic heterocycles. The van der Waals surface area contributed by atoms with Crippen LogP contribution in [0.15, 0.2) is 48.3 Å². The van der Waals surface area contributed by atoms with Crippen molar-refractivity contribution < 1.29 is 18.7 Å². The van der Waals surface area contributed by atoms with Crippen LogP contribution in [0.3, 0.4) is 0 Å². The van der Waals surface area contributed by atoms with E-state index in [-0.39, 0.29) is 5.41 Å². The summed E-state index contributed by atoms with van der Waals surface area (Å²) in [7, 11) is -3.20. The minimum absolute atomic E-state index is 0.164. The molecule has 33 heavy (non-hydrogen) atoms. The predicted molar refractivity (Wildman–Crippen MR) is 133 cm³/mol. The van der Waals surface area contributed by atoms with Gasteiger partial charge in [-0.25, -0.2) is 0 Å². The van der Waals surface area contributed by atoms with Crippen molar-refractivity contribution in [2.24, 2.45) is 17.8 Å². The largest absolute Gasteiger partial charge is 0.508 e. The van der Waals surface area contributed by atoms with Crippen molar-refractivity contribution in [3.63, 3.8) is 0 Å². The molecule has 4 bridgehead atoms. The molecule has 6 rings (SSSR count). The zero-order valence-corrected chi connectivity index (χ0v) is 20.6. The Morgan fingerprint density at radius 2 is 1.45 bits per heavy atom. The van der Waals surface area contributed by atoms with E-state index in [4.69, 9.17) is 9.05 Å². The average Bonchev–Trinajstić information content (AvgIpc) is 2.78. The monoisotopic (exact) mass is 466 g/mol. The van der Waals surface area contributed by atoms with Crippen LogP contribution in [-0.4, -0.2) is 18.3 Å². The Bertz CT molecular complexity index is 1030. The average molecular weight is 467 g/mol. The van der Waals surface area contributed by atoms with Crippen LogP contribution in [0.4, 0.5) is 0 Å². The molecular weight excluding hydrogens is 431 g/mol. The second-order valence-corrected chi connectivity index (χ2v) is 12.1. The van der Waals surface area contributed by atoms with E-state index in [1.807, 2.05) is 38.1 Å². The van der Waals surface area contributed by atoms with Gasteiger partial charge in [0.15, 0.2) is 0 Å². The Hall–Kier alpha value is -1.87. The van der Waals surface area contributed by atoms with Crippen LogP contribution >= 0.6 is 7.60 Å². The maximum Gasteiger partial charge on any atom is 0.354 e. The van der Waals surface area contributed by atoms with Crippen LogP contribution in [0.2, 0.25) is 0 Å². The topological polar surface area (TPSA) is 55.8 Å². The lowest BCUT2D eigenvalue weighted by Crippen LogP contribution is -2.48. The van der Waals surface area contributed by atoms with Crippen LogP contribution in [-0.2, 0) is 19.0 Å². The van der Waals surface area contributed by atoms with Crippen molar-refractivity contribution in [2.45, 2.75) is 57.8 Å². The third-order valence-corrected chi connectivity index (χ3v) is 9.67. The quantitative estimate of drug-likeness (QED) is 0.404. The molecule has 0 radical (unpaired) electrons. The fourth-order valence-corrected chi connectivity index (χ4v) is 8.35. The fourth-order valence-electron chi connectivity index (χ4n) is 7.03. The molecule has 4 aliphatic rings. The van der Waals surface area contributed by atoms with Crippen molar-refractivity contribution >= 4 is 13.7 Å². The van der Waals surface area contributed by atoms with Crippen molar-refractivity contribution in [3.05, 3.63) is 59.4 Å². The van der Waals surface area contributed by atoms with Crippen LogP contribution in [0.25, 0.3) is 17.2 Å². The van der Waals surface area contributed by atoms with Crippen molar-refractivity contribution in [3.8, 4) is 16.9 Å². The second-order valence-electron chi connectivity index (χ2n) is 10.2. The molecule has 0 heterocycles. The number of phenols is 1. The van der Waals surface area contributed by atoms with E-state index in [1.54, 1.807) is 11.9 Å². The summed E-state index contributed by atoms with van der Waals surface area (Å²) in [5.74, 6) is 4.53. The number of aromatic hydroxyl groups is 1. The van der Waals surface area contributed by atoms with Gasteiger partial charge in [-0.1, -0.05) is 30.3 Å². The first-order valence-electron chi connectivity index (χ1n) is 12.4. The standard InChI is InChI=1S/C28H35O4P/c1-3-31-33(30,32-4-2)12-11-20-5-7-24(8-6-20)25-9-10-27(29)26(16-25)28-17-21-13-22(18-28)15-23(14-21)19-28/h5-12,16,21-23,29H,3-4,13-15,17-19H2,1-2H3/b12-11+. The molecule has 4 saturated carbocycles. The Morgan fingerprint density at radius 3 is 2.00 bits per heavy atom. The highest BCUT2D eigenvalue weighted by Gasteiger charge is 2.52. The molecule has 0 aliphatic heterocycles. The minimum atomic E-state index is -3.20. The third-order valence-electron chi connectivity index (χ3n) is 7.92. The van der Waals surface area contributed by atoms with E-state index in [1.165, 1.54) is 38.5 Å². The van der Waals surface area contributed by atoms with Crippen molar-refractivity contribution in [1.29, 1.82) is 0 Å². The zero-order chi connectivity index (χ0) is 23.1. The molecule has 0 atom stereocenters. The van der Waals surface area contributed by atoms with Gasteiger partial charge in [0.05, 0.1) is 13.2 Å². The summed E-state index contributed by atoms with van der Waals surface area (Å²) in [6.45, 7) is 4.30. The first-order valence-corrected chi connectivity index (χ1v) is 14.0. The van der Waals surface area contributed by atoms with Gasteiger partial charge in [-0.2, -0.15) is 0 Å². The van der Waals surface area contributed by atoms with Crippen LogP contribution < -0.4 is 0 Å². The normalized spacial score (nSPS) is 28.6. The van der Waals surface area contributed by atoms with Gasteiger partial charge in [-0.15, -0.1) is 0 Å². The maximum atomic E-state index is 12.7. The molecule has 2 aromatic carbocycles. The SMILES string of the molecule is CCOP(=O)(/C=C/c1ccc(-c2ccc(O)c(C34CC5CC(CC(C5)C3)C4)c2)cc1)OCC. The number of hydrogen-bond donors (Lipinski definition) is 1. The second kappa shape index (κ2) is 9.06. The molecular formula is C28H35O4P. The van der Waals surface area contributed by atoms with Crippen LogP contribution in [0.5, 0.6) is 5.75 Å². The molecule has 176 valence electrons. The van der Waals surface area contributed by atoms with Crippen LogP contribution in [0.1, 0.15) is 63.5 Å². The van der Waals surface area contributed by atoms with Gasteiger partial charge in [0.25, 0.3) is 0 Å². The lowest BCUT2D eigenvalue weighted by Gasteiger charge is -2.57. The lowest BCUT2D eigenvalue weighted by molar-refractivity contribution is -0.00611. The summed E-state index contributed by atoms with van der Waals surface area (Å²) < 4.78 is 23.3. The van der Waals surface area contributed by atoms with Crippen molar-refractivity contribution in [2.75, 3.05) is 13.2 Å². The first kappa shape index (κ1) is 22.9. The first-order chi connectivity index (χ1) is 15.9. The van der Waals surface area contributed by atoms with Crippen LogP contribution in [0, 0.1) is 17.8 Å². The van der Waals surface area contributed by atoms with Gasteiger partial charge in [0.2, 0.25) is 0 Å². The zero-order valence-electron chi connectivity index (χ0n) is 19.7. The molecule has 0 unspecified atom stereocenters. The number of benzene rings is 2. The summed E-state index contributed by atoms with van der Waals surface area (Å²) >= 11 is 0. The van der Waals surface area contributed by atoms with Gasteiger partial charge in [-0.3, -0.25) is 4.57 Å². The van der Waals surface area contributed by atoms with Gasteiger partial charge in [0.1, 0.15) is 5.75 Å². The van der Waals surface area contributed by atoms with Gasteiger partial charge in [0, 0.05) is 11.4 Å². The number of rotatable bonds is 8. The minimum Gasteiger partial charge on any atom is -0.508 e. The Kier molecular flexibility index (Phi) is 6.29. The molecule has 1 N–H and O–H groups in total. The highest BCUT2D eigenvalue weighted by molar-refractivity contribution is 7.57. The van der Waals surface area contributed by atoms with Gasteiger partial charge < -0.3 is 14.2 Å². The van der Waals surface area contributed by atoms with Gasteiger partial charge >= 0.3 is 7.60 Å². The summed E-state index contributed by atoms with van der Waals surface area (Å²) in [4.78, 5) is 0. The number of phenolic OH excluding ortho intramolecular Hbond substituents is 1. The van der Waals surface area contributed by atoms with E-state index in [9.17, 15) is 9.67 Å². The van der Waals surface area contributed by atoms with E-state index >= 15 is 0 Å². The van der Waals surface area contributed by atoms with Gasteiger partial charge in [-0.05, 0) is 110 Å². The highest BCUT2D eigenvalue weighted by Crippen LogP contribution is 2.62. The fraction of sp³-hybridized carbons (Fsp3) is 0.500. The molecule has 0 spiro atoms. The van der Waals surface area contributed by atoms with E-state index in [2.05, 4.69) is 18.2 Å². The number of hydrogen-bond acceptors (Lipinski definition) is 4.